The van der Waals surface area contributed by atoms with Crippen LogP contribution in [-0.2, 0) is 10.0 Å². The van der Waals surface area contributed by atoms with Gasteiger partial charge in [-0.3, -0.25) is 0 Å². The third-order valence-electron chi connectivity index (χ3n) is 3.83. The van der Waals surface area contributed by atoms with Crippen LogP contribution in [0.2, 0.25) is 0 Å². The van der Waals surface area contributed by atoms with E-state index >= 15 is 0 Å². The molecule has 6 heteroatoms. The second kappa shape index (κ2) is 5.86. The molecule has 0 aromatic carbocycles. The molecule has 0 bridgehead atoms. The van der Waals surface area contributed by atoms with Gasteiger partial charge >= 0.3 is 0 Å². The number of sulfonamides is 1. The molecule has 1 aliphatic carbocycles. The maximum atomic E-state index is 12.2. The largest absolute Gasteiger partial charge is 0.330 e. The number of hydrogen-bond donors (Lipinski definition) is 1. The smallest absolute Gasteiger partial charge is 0.217 e. The van der Waals surface area contributed by atoms with Crippen molar-refractivity contribution in [3.05, 3.63) is 0 Å². The monoisotopic (exact) mass is 275 g/mol. The van der Waals surface area contributed by atoms with Gasteiger partial charge in [0.25, 0.3) is 0 Å². The summed E-state index contributed by atoms with van der Waals surface area (Å²) >= 11 is 0. The normalized spacial score (nSPS) is 25.9. The fraction of sp³-hybridized carbons (Fsp3) is 1.00. The van der Waals surface area contributed by atoms with Crippen LogP contribution in [0.5, 0.6) is 0 Å². The molecule has 1 heterocycles. The molecule has 2 N–H and O–H groups in total. The summed E-state index contributed by atoms with van der Waals surface area (Å²) in [7, 11) is -2.99. The van der Waals surface area contributed by atoms with Crippen molar-refractivity contribution in [1.29, 1.82) is 0 Å². The first kappa shape index (κ1) is 14.2. The average Bonchev–Trinajstić information content (AvgIpc) is 3.16. The number of nitrogens with two attached hydrogens (primary N) is 1. The Morgan fingerprint density at radius 2 is 1.94 bits per heavy atom. The van der Waals surface area contributed by atoms with E-state index in [0.717, 1.165) is 38.9 Å². The number of hydrogen-bond acceptors (Lipinski definition) is 4. The van der Waals surface area contributed by atoms with Gasteiger partial charge in [0, 0.05) is 26.2 Å². The van der Waals surface area contributed by atoms with E-state index in [2.05, 4.69) is 11.8 Å². The van der Waals surface area contributed by atoms with Crippen LogP contribution >= 0.6 is 0 Å². The second-order valence-electron chi connectivity index (χ2n) is 5.64. The molecule has 1 unspecified atom stereocenters. The van der Waals surface area contributed by atoms with Crippen molar-refractivity contribution < 1.29 is 8.42 Å². The molecule has 2 fully saturated rings. The third-order valence-corrected chi connectivity index (χ3v) is 6.22. The molecule has 0 aromatic rings. The maximum absolute atomic E-state index is 12.2. The fourth-order valence-electron chi connectivity index (χ4n) is 2.48. The van der Waals surface area contributed by atoms with E-state index in [9.17, 15) is 8.42 Å². The van der Waals surface area contributed by atoms with Gasteiger partial charge in [0.2, 0.25) is 10.0 Å². The zero-order chi connectivity index (χ0) is 13.2. The van der Waals surface area contributed by atoms with Gasteiger partial charge in [-0.2, -0.15) is 0 Å². The molecule has 2 aliphatic rings. The summed E-state index contributed by atoms with van der Waals surface area (Å²) < 4.78 is 26.1. The van der Waals surface area contributed by atoms with E-state index in [1.165, 1.54) is 0 Å². The zero-order valence-electron chi connectivity index (χ0n) is 11.2. The molecule has 5 nitrogen and oxygen atoms in total. The highest BCUT2D eigenvalue weighted by atomic mass is 32.2. The zero-order valence-corrected chi connectivity index (χ0v) is 12.0. The summed E-state index contributed by atoms with van der Waals surface area (Å²) in [4.78, 5) is 2.35. The van der Waals surface area contributed by atoms with Crippen LogP contribution < -0.4 is 5.73 Å². The summed E-state index contributed by atoms with van der Waals surface area (Å²) in [6, 6.07) is 0. The van der Waals surface area contributed by atoms with Crippen LogP contribution in [0.1, 0.15) is 26.2 Å². The topological polar surface area (TPSA) is 66.6 Å². The highest BCUT2D eigenvalue weighted by molar-refractivity contribution is 7.90. The van der Waals surface area contributed by atoms with Gasteiger partial charge in [-0.15, -0.1) is 0 Å². The lowest BCUT2D eigenvalue weighted by Crippen LogP contribution is -2.38. The molecule has 1 saturated heterocycles. The molecule has 106 valence electrons. The van der Waals surface area contributed by atoms with Crippen LogP contribution in [-0.4, -0.2) is 62.1 Å². The lowest BCUT2D eigenvalue weighted by molar-refractivity contribution is 0.250. The quantitative estimate of drug-likeness (QED) is 0.772. The molecule has 0 radical (unpaired) electrons. The van der Waals surface area contributed by atoms with Crippen molar-refractivity contribution in [2.24, 2.45) is 11.7 Å². The fourth-order valence-corrected chi connectivity index (χ4v) is 4.35. The molecule has 1 aliphatic heterocycles. The molecule has 0 amide bonds. The summed E-state index contributed by atoms with van der Waals surface area (Å²) in [5.74, 6) is 0.483. The van der Waals surface area contributed by atoms with E-state index < -0.39 is 10.0 Å². The van der Waals surface area contributed by atoms with Crippen LogP contribution in [0.4, 0.5) is 0 Å². The van der Waals surface area contributed by atoms with Gasteiger partial charge in [0.15, 0.2) is 0 Å². The van der Waals surface area contributed by atoms with Crippen LogP contribution in [0.3, 0.4) is 0 Å². The lowest BCUT2D eigenvalue weighted by atomic mass is 10.1. The van der Waals surface area contributed by atoms with Crippen molar-refractivity contribution in [3.63, 3.8) is 0 Å². The molecule has 0 spiro atoms. The summed E-state index contributed by atoms with van der Waals surface area (Å²) in [5, 5.41) is -0.0768. The molecule has 1 saturated carbocycles. The summed E-state index contributed by atoms with van der Waals surface area (Å²) in [5.41, 5.74) is 5.64. The van der Waals surface area contributed by atoms with E-state index in [1.807, 2.05) is 0 Å². The van der Waals surface area contributed by atoms with Crippen LogP contribution in [0, 0.1) is 5.92 Å². The van der Waals surface area contributed by atoms with Gasteiger partial charge in [-0.05, 0) is 38.3 Å². The predicted octanol–water partition coefficient (Wildman–Crippen LogP) is 0.0811. The highest BCUT2D eigenvalue weighted by Crippen LogP contribution is 2.31. The molecular formula is C12H25N3O2S. The Morgan fingerprint density at radius 1 is 1.22 bits per heavy atom. The molecule has 1 atom stereocenters. The predicted molar refractivity (Wildman–Crippen MR) is 72.8 cm³/mol. The highest BCUT2D eigenvalue weighted by Gasteiger charge is 2.40. The van der Waals surface area contributed by atoms with Crippen LogP contribution in [0.25, 0.3) is 0 Å². The Bertz CT molecular complexity index is 368. The minimum Gasteiger partial charge on any atom is -0.330 e. The standard InChI is InChI=1S/C12H25N3O2S/c1-11(9-13)10-14-5-2-6-15(8-7-14)18(16,17)12-3-4-12/h11-12H,2-10,13H2,1H3. The van der Waals surface area contributed by atoms with Crippen molar-refractivity contribution in [2.75, 3.05) is 39.3 Å². The van der Waals surface area contributed by atoms with E-state index in [-0.39, 0.29) is 5.25 Å². The van der Waals surface area contributed by atoms with Gasteiger partial charge < -0.3 is 10.6 Å². The van der Waals surface area contributed by atoms with Crippen LogP contribution in [0.15, 0.2) is 0 Å². The SMILES string of the molecule is CC(CN)CN1CCCN(S(=O)(=O)C2CC2)CC1. The molecule has 0 aromatic heterocycles. The van der Waals surface area contributed by atoms with Gasteiger partial charge in [-0.25, -0.2) is 12.7 Å². The van der Waals surface area contributed by atoms with E-state index in [4.69, 9.17) is 5.73 Å². The lowest BCUT2D eigenvalue weighted by Gasteiger charge is -2.23. The summed E-state index contributed by atoms with van der Waals surface area (Å²) in [6.45, 7) is 6.98. The third kappa shape index (κ3) is 3.44. The van der Waals surface area contributed by atoms with Crippen molar-refractivity contribution >= 4 is 10.0 Å². The second-order valence-corrected chi connectivity index (χ2v) is 7.85. The van der Waals surface area contributed by atoms with E-state index in [1.54, 1.807) is 4.31 Å². The van der Waals surface area contributed by atoms with Gasteiger partial charge in [-0.1, -0.05) is 6.92 Å². The Kier molecular flexibility index (Phi) is 4.64. The first-order chi connectivity index (χ1) is 8.54. The minimum absolute atomic E-state index is 0.0768. The Balaban J connectivity index is 1.88. The van der Waals surface area contributed by atoms with E-state index in [0.29, 0.717) is 25.6 Å². The average molecular weight is 275 g/mol. The van der Waals surface area contributed by atoms with Gasteiger partial charge in [0.05, 0.1) is 5.25 Å². The Hall–Kier alpha value is -0.170. The van der Waals surface area contributed by atoms with Crippen molar-refractivity contribution in [2.45, 2.75) is 31.4 Å². The Morgan fingerprint density at radius 3 is 2.56 bits per heavy atom. The first-order valence-electron chi connectivity index (χ1n) is 6.95. The molecular weight excluding hydrogens is 250 g/mol. The minimum atomic E-state index is -2.99. The number of nitrogens with zero attached hydrogens (tertiary/aromatic N) is 2. The van der Waals surface area contributed by atoms with Gasteiger partial charge in [0.1, 0.15) is 0 Å². The Labute approximate surface area is 110 Å². The summed E-state index contributed by atoms with van der Waals surface area (Å²) in [6.07, 6.45) is 2.64. The first-order valence-corrected chi connectivity index (χ1v) is 8.45. The van der Waals surface area contributed by atoms with Crippen molar-refractivity contribution in [3.8, 4) is 0 Å². The molecule has 2 rings (SSSR count). The maximum Gasteiger partial charge on any atom is 0.217 e. The number of rotatable bonds is 5. The molecule has 18 heavy (non-hydrogen) atoms. The van der Waals surface area contributed by atoms with Crippen molar-refractivity contribution in [1.82, 2.24) is 9.21 Å².